The van der Waals surface area contributed by atoms with Crippen LogP contribution in [0.4, 0.5) is 0 Å². The molecule has 0 aliphatic carbocycles. The number of aliphatic imine (C=N–C) groups is 1. The standard InChI is InChI=1S/C21H33N7O/c1-16-7-4-5-13-28(16)14-6-12-23-21(22-2)24-15-19-25-20(27-26-19)17-8-10-18(29-3)11-9-17/h8-11,16H,4-7,12-15H2,1-3H3,(H2,22,23,24)(H,25,26,27). The highest BCUT2D eigenvalue weighted by atomic mass is 16.5. The third kappa shape index (κ3) is 6.19. The first kappa shape index (κ1) is 21.1. The van der Waals surface area contributed by atoms with E-state index in [4.69, 9.17) is 4.74 Å². The molecule has 0 spiro atoms. The van der Waals surface area contributed by atoms with E-state index in [0.717, 1.165) is 42.6 Å². The van der Waals surface area contributed by atoms with Gasteiger partial charge in [0.05, 0.1) is 13.7 Å². The molecule has 3 N–H and O–H groups in total. The number of rotatable bonds is 8. The van der Waals surface area contributed by atoms with E-state index in [1.165, 1.54) is 25.8 Å². The van der Waals surface area contributed by atoms with E-state index in [9.17, 15) is 0 Å². The maximum absolute atomic E-state index is 5.19. The lowest BCUT2D eigenvalue weighted by molar-refractivity contribution is 0.159. The third-order valence-electron chi connectivity index (χ3n) is 5.38. The fourth-order valence-corrected chi connectivity index (χ4v) is 3.61. The molecule has 1 saturated heterocycles. The van der Waals surface area contributed by atoms with Gasteiger partial charge in [-0.2, -0.15) is 5.10 Å². The average molecular weight is 400 g/mol. The van der Waals surface area contributed by atoms with Crippen molar-refractivity contribution in [2.75, 3.05) is 33.8 Å². The monoisotopic (exact) mass is 399 g/mol. The molecule has 0 bridgehead atoms. The van der Waals surface area contributed by atoms with Crippen molar-refractivity contribution in [1.82, 2.24) is 30.7 Å². The molecule has 0 radical (unpaired) electrons. The number of hydrogen-bond acceptors (Lipinski definition) is 5. The fourth-order valence-electron chi connectivity index (χ4n) is 3.61. The Hall–Kier alpha value is -2.61. The summed E-state index contributed by atoms with van der Waals surface area (Å²) in [5.74, 6) is 3.03. The van der Waals surface area contributed by atoms with Gasteiger partial charge in [-0.05, 0) is 57.0 Å². The topological polar surface area (TPSA) is 90.5 Å². The van der Waals surface area contributed by atoms with Crippen LogP contribution < -0.4 is 15.4 Å². The minimum absolute atomic E-state index is 0.534. The van der Waals surface area contributed by atoms with Crippen LogP contribution in [0.5, 0.6) is 5.75 Å². The minimum Gasteiger partial charge on any atom is -0.497 e. The first-order chi connectivity index (χ1) is 14.2. The lowest BCUT2D eigenvalue weighted by Crippen LogP contribution is -2.41. The van der Waals surface area contributed by atoms with Gasteiger partial charge in [-0.15, -0.1) is 0 Å². The summed E-state index contributed by atoms with van der Waals surface area (Å²) in [4.78, 5) is 11.4. The Labute approximate surface area is 173 Å². The number of guanidine groups is 1. The molecule has 8 nitrogen and oxygen atoms in total. The molecule has 1 aromatic heterocycles. The van der Waals surface area contributed by atoms with Crippen LogP contribution in [0, 0.1) is 0 Å². The van der Waals surface area contributed by atoms with Gasteiger partial charge in [0.2, 0.25) is 0 Å². The van der Waals surface area contributed by atoms with Crippen molar-refractivity contribution in [3.63, 3.8) is 0 Å². The minimum atomic E-state index is 0.534. The van der Waals surface area contributed by atoms with Gasteiger partial charge in [-0.3, -0.25) is 10.1 Å². The summed E-state index contributed by atoms with van der Waals surface area (Å²) >= 11 is 0. The SMILES string of the molecule is CN=C(NCCCN1CCCCC1C)NCc1nc(-c2ccc(OC)cc2)n[nH]1. The van der Waals surface area contributed by atoms with Gasteiger partial charge in [-0.25, -0.2) is 4.98 Å². The van der Waals surface area contributed by atoms with Crippen LogP contribution in [0.1, 0.15) is 38.4 Å². The van der Waals surface area contributed by atoms with Crippen LogP contribution in [0.3, 0.4) is 0 Å². The number of aromatic amines is 1. The van der Waals surface area contributed by atoms with Gasteiger partial charge in [0, 0.05) is 31.7 Å². The van der Waals surface area contributed by atoms with E-state index in [2.05, 4.69) is 42.6 Å². The molecular weight excluding hydrogens is 366 g/mol. The Kier molecular flexibility index (Phi) is 7.86. The molecular formula is C21H33N7O. The van der Waals surface area contributed by atoms with Gasteiger partial charge < -0.3 is 20.3 Å². The quantitative estimate of drug-likeness (QED) is 0.359. The molecule has 29 heavy (non-hydrogen) atoms. The second kappa shape index (κ2) is 10.8. The lowest BCUT2D eigenvalue weighted by atomic mass is 10.0. The van der Waals surface area contributed by atoms with Crippen LogP contribution >= 0.6 is 0 Å². The van der Waals surface area contributed by atoms with Crippen molar-refractivity contribution in [2.24, 2.45) is 4.99 Å². The molecule has 8 heteroatoms. The summed E-state index contributed by atoms with van der Waals surface area (Å²) < 4.78 is 5.19. The van der Waals surface area contributed by atoms with E-state index in [-0.39, 0.29) is 0 Å². The summed E-state index contributed by atoms with van der Waals surface area (Å²) in [7, 11) is 3.44. The zero-order chi connectivity index (χ0) is 20.5. The number of nitrogens with zero attached hydrogens (tertiary/aromatic N) is 4. The highest BCUT2D eigenvalue weighted by molar-refractivity contribution is 5.79. The summed E-state index contributed by atoms with van der Waals surface area (Å²) in [6.07, 6.45) is 5.13. The molecule has 3 rings (SSSR count). The number of methoxy groups -OCH3 is 1. The second-order valence-corrected chi connectivity index (χ2v) is 7.42. The van der Waals surface area contributed by atoms with Crippen molar-refractivity contribution in [2.45, 2.75) is 45.2 Å². The molecule has 1 aromatic carbocycles. The molecule has 1 aliphatic rings. The number of benzene rings is 1. The molecule has 0 saturated carbocycles. The largest absolute Gasteiger partial charge is 0.497 e. The zero-order valence-corrected chi connectivity index (χ0v) is 17.7. The second-order valence-electron chi connectivity index (χ2n) is 7.42. The number of piperidine rings is 1. The van der Waals surface area contributed by atoms with Gasteiger partial charge in [0.25, 0.3) is 0 Å². The smallest absolute Gasteiger partial charge is 0.191 e. The maximum Gasteiger partial charge on any atom is 0.191 e. The Bertz CT molecular complexity index is 772. The van der Waals surface area contributed by atoms with Crippen LogP contribution in [-0.4, -0.2) is 65.9 Å². The molecule has 1 unspecified atom stereocenters. The predicted octanol–water partition coefficient (Wildman–Crippen LogP) is 2.41. The van der Waals surface area contributed by atoms with Gasteiger partial charge in [-0.1, -0.05) is 6.42 Å². The summed E-state index contributed by atoms with van der Waals surface area (Å²) in [5, 5.41) is 13.9. The van der Waals surface area contributed by atoms with Gasteiger partial charge >= 0.3 is 0 Å². The molecule has 0 amide bonds. The van der Waals surface area contributed by atoms with Crippen molar-refractivity contribution < 1.29 is 4.74 Å². The van der Waals surface area contributed by atoms with Gasteiger partial charge in [0.1, 0.15) is 11.6 Å². The number of nitrogens with one attached hydrogen (secondary N) is 3. The van der Waals surface area contributed by atoms with Crippen molar-refractivity contribution in [1.29, 1.82) is 0 Å². The van der Waals surface area contributed by atoms with Crippen LogP contribution in [0.15, 0.2) is 29.3 Å². The van der Waals surface area contributed by atoms with Crippen LogP contribution in [0.2, 0.25) is 0 Å². The number of H-pyrrole nitrogens is 1. The fraction of sp³-hybridized carbons (Fsp3) is 0.571. The number of aromatic nitrogens is 3. The van der Waals surface area contributed by atoms with Crippen LogP contribution in [-0.2, 0) is 6.54 Å². The summed E-state index contributed by atoms with van der Waals surface area (Å²) in [6.45, 7) is 6.14. The first-order valence-corrected chi connectivity index (χ1v) is 10.4. The molecule has 158 valence electrons. The molecule has 1 aliphatic heterocycles. The third-order valence-corrected chi connectivity index (χ3v) is 5.38. The maximum atomic E-state index is 5.19. The van der Waals surface area contributed by atoms with E-state index >= 15 is 0 Å². The number of likely N-dealkylation sites (tertiary alicyclic amines) is 1. The highest BCUT2D eigenvalue weighted by Gasteiger charge is 2.17. The summed E-state index contributed by atoms with van der Waals surface area (Å²) in [5.41, 5.74) is 0.947. The number of ether oxygens (including phenoxy) is 1. The van der Waals surface area contributed by atoms with Crippen molar-refractivity contribution in [3.05, 3.63) is 30.1 Å². The lowest BCUT2D eigenvalue weighted by Gasteiger charge is -2.33. The Morgan fingerprint density at radius 3 is 2.83 bits per heavy atom. The van der Waals surface area contributed by atoms with E-state index < -0.39 is 0 Å². The predicted molar refractivity (Wildman–Crippen MR) is 116 cm³/mol. The Balaban J connectivity index is 1.40. The van der Waals surface area contributed by atoms with Crippen molar-refractivity contribution in [3.8, 4) is 17.1 Å². The normalized spacial score (nSPS) is 17.9. The molecule has 1 atom stereocenters. The van der Waals surface area contributed by atoms with Crippen molar-refractivity contribution >= 4 is 5.96 Å². The number of hydrogen-bond donors (Lipinski definition) is 3. The van der Waals surface area contributed by atoms with E-state index in [1.54, 1.807) is 14.2 Å². The highest BCUT2D eigenvalue weighted by Crippen LogP contribution is 2.19. The zero-order valence-electron chi connectivity index (χ0n) is 17.7. The Morgan fingerprint density at radius 2 is 2.10 bits per heavy atom. The van der Waals surface area contributed by atoms with E-state index in [0.29, 0.717) is 18.4 Å². The van der Waals surface area contributed by atoms with E-state index in [1.807, 2.05) is 24.3 Å². The molecule has 2 heterocycles. The van der Waals surface area contributed by atoms with Crippen LogP contribution in [0.25, 0.3) is 11.4 Å². The molecule has 2 aromatic rings. The first-order valence-electron chi connectivity index (χ1n) is 10.4. The molecule has 1 fully saturated rings. The summed E-state index contributed by atoms with van der Waals surface area (Å²) in [6, 6.07) is 8.42. The van der Waals surface area contributed by atoms with Gasteiger partial charge in [0.15, 0.2) is 11.8 Å². The average Bonchev–Trinajstić information content (AvgIpc) is 3.23. The Morgan fingerprint density at radius 1 is 1.28 bits per heavy atom.